The van der Waals surface area contributed by atoms with Crippen molar-refractivity contribution < 1.29 is 28.6 Å². The van der Waals surface area contributed by atoms with Crippen LogP contribution in [-0.4, -0.2) is 62.8 Å². The third-order valence-corrected chi connectivity index (χ3v) is 13.4. The summed E-state index contributed by atoms with van der Waals surface area (Å²) in [6, 6.07) is 0. The molecule has 6 rings (SSSR count). The molecule has 288 valence electrons. The van der Waals surface area contributed by atoms with Crippen molar-refractivity contribution in [1.29, 1.82) is 0 Å². The molecule has 0 saturated heterocycles. The van der Waals surface area contributed by atoms with Gasteiger partial charge in [0, 0.05) is 19.3 Å². The lowest BCUT2D eigenvalue weighted by Gasteiger charge is -2.46. The van der Waals surface area contributed by atoms with Gasteiger partial charge in [-0.1, -0.05) is 38.5 Å². The van der Waals surface area contributed by atoms with Crippen LogP contribution in [0.2, 0.25) is 0 Å². The zero-order valence-electron chi connectivity index (χ0n) is 32.5. The van der Waals surface area contributed by atoms with E-state index in [4.69, 9.17) is 14.2 Å². The first-order valence-electron chi connectivity index (χ1n) is 21.4. The van der Waals surface area contributed by atoms with Gasteiger partial charge >= 0.3 is 17.9 Å². The highest BCUT2D eigenvalue weighted by molar-refractivity contribution is 5.70. The Morgan fingerprint density at radius 1 is 0.540 bits per heavy atom. The summed E-state index contributed by atoms with van der Waals surface area (Å²) >= 11 is 0. The fraction of sp³-hybridized carbons (Fsp3) is 0.930. The first-order valence-corrected chi connectivity index (χ1v) is 21.4. The van der Waals surface area contributed by atoms with Crippen LogP contribution in [0.25, 0.3) is 0 Å². The molecule has 0 amide bonds. The molecular formula is C43H75NO6. The summed E-state index contributed by atoms with van der Waals surface area (Å²) in [5.41, 5.74) is 0.939. The number of hydrogen-bond acceptors (Lipinski definition) is 7. The summed E-state index contributed by atoms with van der Waals surface area (Å²) < 4.78 is 17.2. The van der Waals surface area contributed by atoms with Gasteiger partial charge in [0.1, 0.15) is 6.10 Å². The van der Waals surface area contributed by atoms with Gasteiger partial charge in [0.2, 0.25) is 0 Å². The minimum atomic E-state index is -0.0691. The molecule has 0 radical (unpaired) electrons. The van der Waals surface area contributed by atoms with Crippen molar-refractivity contribution in [2.45, 2.75) is 199 Å². The maximum absolute atomic E-state index is 12.6. The predicted molar refractivity (Wildman–Crippen MR) is 201 cm³/mol. The Bertz CT molecular complexity index is 888. The van der Waals surface area contributed by atoms with E-state index in [9.17, 15) is 14.4 Å². The fourth-order valence-corrected chi connectivity index (χ4v) is 9.72. The zero-order valence-corrected chi connectivity index (χ0v) is 32.5. The second kappa shape index (κ2) is 22.4. The largest absolute Gasteiger partial charge is 0.466 e. The van der Waals surface area contributed by atoms with Crippen LogP contribution in [0.1, 0.15) is 193 Å². The highest BCUT2D eigenvalue weighted by Crippen LogP contribution is 2.53. The smallest absolute Gasteiger partial charge is 0.306 e. The van der Waals surface area contributed by atoms with Crippen molar-refractivity contribution in [3.05, 3.63) is 0 Å². The molecule has 0 spiro atoms. The van der Waals surface area contributed by atoms with Gasteiger partial charge in [-0.25, -0.2) is 0 Å². The summed E-state index contributed by atoms with van der Waals surface area (Å²) in [6.07, 6.45) is 33.0. The SMILES string of the molecule is CN(C)CCCC(=O)OC(CCCCCCCC(=O)OCCC12CCC(CC1)CC2)CCCCCCCC(=O)OCCC12CCC(CC1)CC2. The van der Waals surface area contributed by atoms with Gasteiger partial charge in [0.25, 0.3) is 0 Å². The van der Waals surface area contributed by atoms with E-state index in [-0.39, 0.29) is 24.0 Å². The molecule has 0 heterocycles. The number of nitrogens with zero attached hydrogens (tertiary/aromatic N) is 1. The molecule has 4 bridgehead atoms. The lowest BCUT2D eigenvalue weighted by molar-refractivity contribution is -0.150. The fourth-order valence-electron chi connectivity index (χ4n) is 9.72. The first kappa shape index (κ1) is 41.1. The summed E-state index contributed by atoms with van der Waals surface area (Å²) in [5.74, 6) is 1.82. The van der Waals surface area contributed by atoms with Gasteiger partial charge in [0.05, 0.1) is 13.2 Å². The molecule has 0 aromatic carbocycles. The van der Waals surface area contributed by atoms with E-state index in [0.717, 1.165) is 115 Å². The molecule has 0 aromatic heterocycles. The number of carbonyl (C=O) groups excluding carboxylic acids is 3. The second-order valence-electron chi connectivity index (χ2n) is 17.5. The molecule has 0 aromatic rings. The summed E-state index contributed by atoms with van der Waals surface area (Å²) in [6.45, 7) is 2.10. The van der Waals surface area contributed by atoms with E-state index >= 15 is 0 Å². The highest BCUT2D eigenvalue weighted by atomic mass is 16.5. The van der Waals surface area contributed by atoms with E-state index < -0.39 is 0 Å². The van der Waals surface area contributed by atoms with Crippen molar-refractivity contribution in [1.82, 2.24) is 4.90 Å². The van der Waals surface area contributed by atoms with Crippen molar-refractivity contribution in [3.8, 4) is 0 Å². The van der Waals surface area contributed by atoms with Crippen LogP contribution < -0.4 is 0 Å². The topological polar surface area (TPSA) is 82.1 Å². The predicted octanol–water partition coefficient (Wildman–Crippen LogP) is 10.5. The maximum atomic E-state index is 12.6. The number of carbonyl (C=O) groups is 3. The van der Waals surface area contributed by atoms with Gasteiger partial charge in [-0.15, -0.1) is 0 Å². The average molecular weight is 702 g/mol. The Labute approximate surface area is 306 Å². The average Bonchev–Trinajstić information content (AvgIpc) is 3.12. The van der Waals surface area contributed by atoms with Crippen molar-refractivity contribution in [2.24, 2.45) is 22.7 Å². The monoisotopic (exact) mass is 702 g/mol. The molecular weight excluding hydrogens is 626 g/mol. The normalized spacial score (nSPS) is 26.2. The van der Waals surface area contributed by atoms with Gasteiger partial charge in [-0.05, 0) is 178 Å². The molecule has 6 aliphatic carbocycles. The van der Waals surface area contributed by atoms with E-state index in [1.54, 1.807) is 0 Å². The molecule has 7 heteroatoms. The summed E-state index contributed by atoms with van der Waals surface area (Å²) in [4.78, 5) is 39.3. The zero-order chi connectivity index (χ0) is 35.5. The van der Waals surface area contributed by atoms with Crippen LogP contribution in [0.3, 0.4) is 0 Å². The molecule has 6 saturated carbocycles. The lowest BCUT2D eigenvalue weighted by Crippen LogP contribution is -2.35. The molecule has 50 heavy (non-hydrogen) atoms. The minimum absolute atomic E-state index is 0.0100. The Morgan fingerprint density at radius 2 is 0.920 bits per heavy atom. The van der Waals surface area contributed by atoms with Gasteiger partial charge in [-0.3, -0.25) is 14.4 Å². The lowest BCUT2D eigenvalue weighted by atomic mass is 9.59. The molecule has 0 atom stereocenters. The number of esters is 3. The Kier molecular flexibility index (Phi) is 18.5. The minimum Gasteiger partial charge on any atom is -0.466 e. The first-order chi connectivity index (χ1) is 24.2. The van der Waals surface area contributed by atoms with Crippen LogP contribution in [0, 0.1) is 22.7 Å². The molecule has 0 aliphatic heterocycles. The summed E-state index contributed by atoms with van der Waals surface area (Å²) in [5, 5.41) is 0. The van der Waals surface area contributed by atoms with Crippen molar-refractivity contribution >= 4 is 17.9 Å². The molecule has 6 fully saturated rings. The van der Waals surface area contributed by atoms with E-state index in [1.165, 1.54) is 77.0 Å². The standard InChI is InChI=1S/C43H75NO6/c1-44(2)33-13-18-41(47)50-38(14-9-5-3-7-11-16-39(45)48-34-31-42-25-19-36(20-26-42)21-27-42)15-10-6-4-8-12-17-40(46)49-35-32-43-28-22-37(23-29-43)24-30-43/h36-38H,3-35H2,1-2H3. The van der Waals surface area contributed by atoms with Crippen molar-refractivity contribution in [3.63, 3.8) is 0 Å². The van der Waals surface area contributed by atoms with E-state index in [2.05, 4.69) is 4.90 Å². The Balaban J connectivity index is 0.997. The van der Waals surface area contributed by atoms with Gasteiger partial charge in [-0.2, -0.15) is 0 Å². The maximum Gasteiger partial charge on any atom is 0.306 e. The number of ether oxygens (including phenoxy) is 3. The number of fused-ring (bicyclic) bond motifs is 6. The second-order valence-corrected chi connectivity index (χ2v) is 17.5. The summed E-state index contributed by atoms with van der Waals surface area (Å²) in [7, 11) is 4.06. The molecule has 0 N–H and O–H groups in total. The molecule has 0 unspecified atom stereocenters. The Morgan fingerprint density at radius 3 is 1.34 bits per heavy atom. The van der Waals surface area contributed by atoms with Crippen LogP contribution in [-0.2, 0) is 28.6 Å². The van der Waals surface area contributed by atoms with E-state index in [0.29, 0.717) is 43.3 Å². The Hall–Kier alpha value is -1.63. The van der Waals surface area contributed by atoms with Crippen LogP contribution in [0.15, 0.2) is 0 Å². The van der Waals surface area contributed by atoms with Crippen LogP contribution in [0.4, 0.5) is 0 Å². The third-order valence-electron chi connectivity index (χ3n) is 13.4. The quantitative estimate of drug-likeness (QED) is 0.0479. The number of hydrogen-bond donors (Lipinski definition) is 0. The third kappa shape index (κ3) is 15.5. The van der Waals surface area contributed by atoms with Crippen LogP contribution in [0.5, 0.6) is 0 Å². The van der Waals surface area contributed by atoms with Crippen LogP contribution >= 0.6 is 0 Å². The highest BCUT2D eigenvalue weighted by Gasteiger charge is 2.41. The number of unbranched alkanes of at least 4 members (excludes halogenated alkanes) is 8. The molecule has 6 aliphatic rings. The van der Waals surface area contributed by atoms with Gasteiger partial charge < -0.3 is 19.1 Å². The van der Waals surface area contributed by atoms with Gasteiger partial charge in [0.15, 0.2) is 0 Å². The van der Waals surface area contributed by atoms with Crippen molar-refractivity contribution in [2.75, 3.05) is 33.9 Å². The van der Waals surface area contributed by atoms with E-state index in [1.807, 2.05) is 14.1 Å². The molecule has 7 nitrogen and oxygen atoms in total. The number of rotatable bonds is 27.